The number of nitrogens with one attached hydrogen (secondary N) is 1. The fourth-order valence-corrected chi connectivity index (χ4v) is 7.89. The van der Waals surface area contributed by atoms with Gasteiger partial charge in [0, 0.05) is 58.9 Å². The molecule has 12 heteroatoms. The van der Waals surface area contributed by atoms with Crippen LogP contribution in [0.15, 0.2) is 30.3 Å². The highest BCUT2D eigenvalue weighted by Crippen LogP contribution is 2.45. The number of nitrogens with zero attached hydrogens (tertiary/aromatic N) is 3. The van der Waals surface area contributed by atoms with Crippen LogP contribution in [0.4, 0.5) is 0 Å². The van der Waals surface area contributed by atoms with Gasteiger partial charge in [-0.25, -0.2) is 0 Å². The standard InChI is InChI=1S/C19H24N2O4.C12H18N2O4/c22-18(16-14-6-7-15(25-14)17(16)19(23)24)21-10-8-20(9-11-21)12-13-4-2-1-3-5-13;15-11(14-5-3-13-4-6-14)9-7-1-2-8(18-7)10(9)12(16)17/h1-5,14-17H,6-12H2,(H,23,24);7-10,13H,1-6H2,(H,16,17). The summed E-state index contributed by atoms with van der Waals surface area (Å²) < 4.78 is 11.4. The third kappa shape index (κ3) is 6.15. The van der Waals surface area contributed by atoms with Gasteiger partial charge >= 0.3 is 11.9 Å². The number of carbonyl (C=O) groups excluding carboxylic acids is 2. The van der Waals surface area contributed by atoms with E-state index in [4.69, 9.17) is 9.47 Å². The molecule has 1 aromatic carbocycles. The lowest BCUT2D eigenvalue weighted by molar-refractivity contribution is -0.151. The van der Waals surface area contributed by atoms with E-state index in [-0.39, 0.29) is 36.2 Å². The number of hydrogen-bond donors (Lipinski definition) is 3. The summed E-state index contributed by atoms with van der Waals surface area (Å²) in [7, 11) is 0. The maximum atomic E-state index is 12.9. The molecule has 2 amide bonds. The molecule has 8 unspecified atom stereocenters. The Kier molecular flexibility index (Phi) is 8.99. The normalized spacial score (nSPS) is 35.0. The zero-order valence-corrected chi connectivity index (χ0v) is 24.4. The van der Waals surface area contributed by atoms with Crippen molar-refractivity contribution in [3.63, 3.8) is 0 Å². The molecule has 4 bridgehead atoms. The number of ether oxygens (including phenoxy) is 2. The van der Waals surface area contributed by atoms with E-state index in [2.05, 4.69) is 22.3 Å². The van der Waals surface area contributed by atoms with Gasteiger partial charge < -0.3 is 34.8 Å². The van der Waals surface area contributed by atoms with E-state index >= 15 is 0 Å². The molecule has 12 nitrogen and oxygen atoms in total. The van der Waals surface area contributed by atoms with Crippen LogP contribution in [0.5, 0.6) is 0 Å². The quantitative estimate of drug-likeness (QED) is 0.423. The number of benzene rings is 1. The first-order valence-corrected chi connectivity index (χ1v) is 15.6. The number of carboxylic acids is 2. The van der Waals surface area contributed by atoms with Crippen molar-refractivity contribution in [3.05, 3.63) is 35.9 Å². The molecule has 0 aromatic heterocycles. The third-order valence-corrected chi connectivity index (χ3v) is 10.0. The lowest BCUT2D eigenvalue weighted by Crippen LogP contribution is -2.53. The zero-order valence-electron chi connectivity index (χ0n) is 24.4. The minimum atomic E-state index is -0.895. The highest BCUT2D eigenvalue weighted by atomic mass is 16.5. The average molecular weight is 599 g/mol. The van der Waals surface area contributed by atoms with Crippen LogP contribution in [-0.4, -0.2) is 125 Å². The number of carbonyl (C=O) groups is 4. The van der Waals surface area contributed by atoms with Crippen molar-refractivity contribution >= 4 is 23.8 Å². The first kappa shape index (κ1) is 30.0. The van der Waals surface area contributed by atoms with Crippen molar-refractivity contribution in [1.82, 2.24) is 20.0 Å². The summed E-state index contributed by atoms with van der Waals surface area (Å²) in [5, 5.41) is 22.0. The Morgan fingerprint density at radius 1 is 0.651 bits per heavy atom. The van der Waals surface area contributed by atoms with Gasteiger partial charge in [-0.15, -0.1) is 0 Å². The Hall–Kier alpha value is -3.06. The summed E-state index contributed by atoms with van der Waals surface area (Å²) in [5.74, 6) is -4.14. The molecule has 6 fully saturated rings. The predicted octanol–water partition coefficient (Wildman–Crippen LogP) is 0.505. The van der Waals surface area contributed by atoms with Crippen molar-refractivity contribution in [1.29, 1.82) is 0 Å². The Balaban J connectivity index is 0.000000162. The summed E-state index contributed by atoms with van der Waals surface area (Å²) in [6.07, 6.45) is 2.22. The molecule has 0 saturated carbocycles. The molecule has 0 spiro atoms. The maximum absolute atomic E-state index is 12.9. The van der Waals surface area contributed by atoms with Gasteiger partial charge in [0.25, 0.3) is 0 Å². The monoisotopic (exact) mass is 598 g/mol. The molecule has 6 heterocycles. The van der Waals surface area contributed by atoms with Gasteiger partial charge in [0.05, 0.1) is 48.1 Å². The van der Waals surface area contributed by atoms with E-state index in [9.17, 15) is 29.4 Å². The van der Waals surface area contributed by atoms with Crippen LogP contribution in [0.3, 0.4) is 0 Å². The fraction of sp³-hybridized carbons (Fsp3) is 0.677. The minimum absolute atomic E-state index is 0.0287. The second-order valence-electron chi connectivity index (χ2n) is 12.5. The number of fused-ring (bicyclic) bond motifs is 4. The first-order valence-electron chi connectivity index (χ1n) is 15.6. The fourth-order valence-electron chi connectivity index (χ4n) is 7.89. The van der Waals surface area contributed by atoms with Crippen molar-refractivity contribution in [3.8, 4) is 0 Å². The van der Waals surface area contributed by atoms with E-state index in [1.807, 2.05) is 23.1 Å². The number of aliphatic carboxylic acids is 2. The SMILES string of the molecule is O=C(O)C1C2CCC(O2)C1C(=O)N1CCN(Cc2ccccc2)CC1.O=C(O)C1C2CCC(O2)C1C(=O)N1CCNCC1. The van der Waals surface area contributed by atoms with E-state index in [0.717, 1.165) is 58.4 Å². The highest BCUT2D eigenvalue weighted by molar-refractivity contribution is 5.87. The summed E-state index contributed by atoms with van der Waals surface area (Å²) in [4.78, 5) is 54.3. The van der Waals surface area contributed by atoms with E-state index in [1.165, 1.54) is 5.56 Å². The molecule has 3 N–H and O–H groups in total. The van der Waals surface area contributed by atoms with Crippen LogP contribution in [0, 0.1) is 23.7 Å². The second kappa shape index (κ2) is 12.9. The molecule has 8 atom stereocenters. The van der Waals surface area contributed by atoms with Crippen LogP contribution < -0.4 is 5.32 Å². The summed E-state index contributed by atoms with van der Waals surface area (Å²) in [6.45, 7) is 6.74. The van der Waals surface area contributed by atoms with Crippen molar-refractivity contribution < 1.29 is 38.9 Å². The van der Waals surface area contributed by atoms with Crippen molar-refractivity contribution in [2.24, 2.45) is 23.7 Å². The Labute approximate surface area is 251 Å². The topological polar surface area (TPSA) is 149 Å². The van der Waals surface area contributed by atoms with Crippen LogP contribution in [-0.2, 0) is 35.2 Å². The first-order chi connectivity index (χ1) is 20.8. The summed E-state index contributed by atoms with van der Waals surface area (Å²) >= 11 is 0. The molecule has 43 heavy (non-hydrogen) atoms. The van der Waals surface area contributed by atoms with E-state index < -0.39 is 35.6 Å². The zero-order chi connectivity index (χ0) is 30.1. The summed E-state index contributed by atoms with van der Waals surface area (Å²) in [6, 6.07) is 10.3. The van der Waals surface area contributed by atoms with Gasteiger partial charge in [0.2, 0.25) is 11.8 Å². The molecular weight excluding hydrogens is 556 g/mol. The van der Waals surface area contributed by atoms with Gasteiger partial charge in [-0.2, -0.15) is 0 Å². The molecule has 6 aliphatic rings. The minimum Gasteiger partial charge on any atom is -0.481 e. The number of hydrogen-bond acceptors (Lipinski definition) is 8. The Morgan fingerprint density at radius 3 is 1.56 bits per heavy atom. The van der Waals surface area contributed by atoms with Crippen LogP contribution >= 0.6 is 0 Å². The molecule has 0 radical (unpaired) electrons. The van der Waals surface area contributed by atoms with E-state index in [0.29, 0.717) is 26.2 Å². The van der Waals surface area contributed by atoms with Gasteiger partial charge in [-0.1, -0.05) is 30.3 Å². The average Bonchev–Trinajstić information content (AvgIpc) is 3.83. The Bertz CT molecular complexity index is 1190. The Morgan fingerprint density at radius 2 is 1.09 bits per heavy atom. The number of rotatable bonds is 6. The molecule has 1 aromatic rings. The van der Waals surface area contributed by atoms with E-state index in [1.54, 1.807) is 4.90 Å². The van der Waals surface area contributed by atoms with Crippen molar-refractivity contribution in [2.45, 2.75) is 56.6 Å². The van der Waals surface area contributed by atoms with Gasteiger partial charge in [0.1, 0.15) is 0 Å². The van der Waals surface area contributed by atoms with Crippen LogP contribution in [0.2, 0.25) is 0 Å². The predicted molar refractivity (Wildman–Crippen MR) is 153 cm³/mol. The van der Waals surface area contributed by atoms with Gasteiger partial charge in [-0.3, -0.25) is 24.1 Å². The van der Waals surface area contributed by atoms with Gasteiger partial charge in [-0.05, 0) is 31.2 Å². The lowest BCUT2D eigenvalue weighted by Gasteiger charge is -2.37. The third-order valence-electron chi connectivity index (χ3n) is 10.0. The number of amides is 2. The second-order valence-corrected chi connectivity index (χ2v) is 12.5. The number of carboxylic acid groups (broad SMARTS) is 2. The van der Waals surface area contributed by atoms with Crippen molar-refractivity contribution in [2.75, 3.05) is 52.4 Å². The molecule has 234 valence electrons. The van der Waals surface area contributed by atoms with Crippen LogP contribution in [0.1, 0.15) is 31.2 Å². The number of piperazine rings is 2. The molecular formula is C31H42N4O8. The molecule has 6 saturated heterocycles. The highest BCUT2D eigenvalue weighted by Gasteiger charge is 2.57. The summed E-state index contributed by atoms with van der Waals surface area (Å²) in [5.41, 5.74) is 1.27. The molecule has 7 rings (SSSR count). The maximum Gasteiger partial charge on any atom is 0.310 e. The smallest absolute Gasteiger partial charge is 0.310 e. The lowest BCUT2D eigenvalue weighted by atomic mass is 9.78. The van der Waals surface area contributed by atoms with Gasteiger partial charge in [0.15, 0.2) is 0 Å². The largest absolute Gasteiger partial charge is 0.481 e. The van der Waals surface area contributed by atoms with Crippen LogP contribution in [0.25, 0.3) is 0 Å². The molecule has 6 aliphatic heterocycles. The molecule has 0 aliphatic carbocycles.